The van der Waals surface area contributed by atoms with E-state index in [1.165, 1.54) is 32.1 Å². The molecule has 1 atom stereocenters. The molecule has 0 spiro atoms. The zero-order chi connectivity index (χ0) is 14.7. The van der Waals surface area contributed by atoms with Crippen LogP contribution in [0, 0.1) is 29.6 Å². The second-order valence-corrected chi connectivity index (χ2v) is 8.72. The average molecular weight is 353 g/mol. The number of hydrogen-bond donors (Lipinski definition) is 1. The Morgan fingerprint density at radius 3 is 2.24 bits per heavy atom. The van der Waals surface area contributed by atoms with Gasteiger partial charge in [-0.2, -0.15) is 5.10 Å². The van der Waals surface area contributed by atoms with E-state index in [0.717, 1.165) is 33.8 Å². The topological polar surface area (TPSA) is 38.0 Å². The lowest BCUT2D eigenvalue weighted by atomic mass is 9.50. The van der Waals surface area contributed by atoms with E-state index in [2.05, 4.69) is 34.9 Å². The van der Waals surface area contributed by atoms with Crippen molar-refractivity contribution in [1.29, 1.82) is 0 Å². The minimum absolute atomic E-state index is 0.290. The van der Waals surface area contributed by atoms with Gasteiger partial charge in [0, 0.05) is 6.04 Å². The van der Waals surface area contributed by atoms with E-state index in [4.69, 9.17) is 0 Å². The smallest absolute Gasteiger partial charge is 0.100 e. The molecule has 0 aromatic carbocycles. The van der Waals surface area contributed by atoms with Crippen LogP contribution in [0.4, 0.5) is 0 Å². The molecule has 4 saturated carbocycles. The Bertz CT molecular complexity index is 511. The van der Waals surface area contributed by atoms with E-state index >= 15 is 0 Å². The molecule has 1 unspecified atom stereocenters. The van der Waals surface area contributed by atoms with Gasteiger partial charge in [-0.1, -0.05) is 0 Å². The summed E-state index contributed by atoms with van der Waals surface area (Å²) in [5, 5.41) is 15.6. The lowest BCUT2D eigenvalue weighted by Gasteiger charge is -2.55. The molecule has 1 aromatic heterocycles. The van der Waals surface area contributed by atoms with Crippen molar-refractivity contribution in [3.63, 3.8) is 0 Å². The molecule has 4 aliphatic rings. The van der Waals surface area contributed by atoms with Crippen molar-refractivity contribution >= 4 is 15.9 Å². The van der Waals surface area contributed by atoms with E-state index in [1.807, 2.05) is 10.9 Å². The normalized spacial score (nSPS) is 39.2. The summed E-state index contributed by atoms with van der Waals surface area (Å²) in [4.78, 5) is 0. The van der Waals surface area contributed by atoms with Crippen LogP contribution in [0.3, 0.4) is 0 Å². The van der Waals surface area contributed by atoms with Gasteiger partial charge in [-0.05, 0) is 91.5 Å². The summed E-state index contributed by atoms with van der Waals surface area (Å²) in [6.45, 7) is 4.26. The van der Waals surface area contributed by atoms with Crippen molar-refractivity contribution < 1.29 is 5.11 Å². The first-order valence-electron chi connectivity index (χ1n) is 8.45. The third kappa shape index (κ3) is 2.21. The maximum Gasteiger partial charge on any atom is 0.100 e. The predicted molar refractivity (Wildman–Crippen MR) is 85.8 cm³/mol. The van der Waals surface area contributed by atoms with E-state index in [-0.39, 0.29) is 12.1 Å². The fraction of sp³-hybridized carbons (Fsp3) is 0.824. The molecule has 4 fully saturated rings. The molecule has 4 heteroatoms. The van der Waals surface area contributed by atoms with Crippen LogP contribution in [0.15, 0.2) is 10.7 Å². The Balaban J connectivity index is 1.66. The fourth-order valence-corrected chi connectivity index (χ4v) is 6.21. The Morgan fingerprint density at radius 1 is 1.14 bits per heavy atom. The lowest BCUT2D eigenvalue weighted by molar-refractivity contribution is -0.0933. The molecule has 1 N–H and O–H groups in total. The number of aromatic nitrogens is 2. The van der Waals surface area contributed by atoms with E-state index in [1.54, 1.807) is 0 Å². The molecule has 0 aliphatic heterocycles. The summed E-state index contributed by atoms with van der Waals surface area (Å²) in [5.41, 5.74) is 1.00. The summed E-state index contributed by atoms with van der Waals surface area (Å²) in [5.74, 6) is 3.82. The van der Waals surface area contributed by atoms with Crippen LogP contribution in [0.5, 0.6) is 0 Å². The zero-order valence-electron chi connectivity index (χ0n) is 12.9. The van der Waals surface area contributed by atoms with Crippen LogP contribution < -0.4 is 0 Å². The minimum Gasteiger partial charge on any atom is -0.386 e. The molecule has 21 heavy (non-hydrogen) atoms. The number of nitrogens with zero attached hydrogens (tertiary/aromatic N) is 2. The summed E-state index contributed by atoms with van der Waals surface area (Å²) < 4.78 is 2.97. The molecule has 0 radical (unpaired) electrons. The molecule has 116 valence electrons. The highest BCUT2D eigenvalue weighted by Gasteiger charge is 2.51. The van der Waals surface area contributed by atoms with Crippen molar-refractivity contribution in [2.45, 2.75) is 58.1 Å². The lowest BCUT2D eigenvalue weighted by Crippen LogP contribution is -2.47. The van der Waals surface area contributed by atoms with Crippen LogP contribution >= 0.6 is 15.9 Å². The number of halogens is 1. The van der Waals surface area contributed by atoms with Crippen LogP contribution in [0.25, 0.3) is 0 Å². The summed E-state index contributed by atoms with van der Waals surface area (Å²) >= 11 is 3.61. The molecule has 3 nitrogen and oxygen atoms in total. The van der Waals surface area contributed by atoms with Crippen molar-refractivity contribution in [2.24, 2.45) is 29.6 Å². The van der Waals surface area contributed by atoms with E-state index < -0.39 is 0 Å². The monoisotopic (exact) mass is 352 g/mol. The Kier molecular flexibility index (Phi) is 3.45. The minimum atomic E-state index is -0.362. The Labute approximate surface area is 135 Å². The Morgan fingerprint density at radius 2 is 1.71 bits per heavy atom. The molecule has 4 aliphatic carbocycles. The van der Waals surface area contributed by atoms with Gasteiger partial charge < -0.3 is 5.11 Å². The van der Waals surface area contributed by atoms with Crippen molar-refractivity contribution in [1.82, 2.24) is 9.78 Å². The molecule has 0 saturated heterocycles. The molecule has 4 bridgehead atoms. The summed E-state index contributed by atoms with van der Waals surface area (Å²) in [6.07, 6.45) is 8.34. The number of aliphatic hydroxyl groups is 1. The highest BCUT2D eigenvalue weighted by atomic mass is 79.9. The van der Waals surface area contributed by atoms with E-state index in [9.17, 15) is 5.11 Å². The second-order valence-electron chi connectivity index (χ2n) is 7.87. The van der Waals surface area contributed by atoms with Gasteiger partial charge in [-0.3, -0.25) is 4.68 Å². The summed E-state index contributed by atoms with van der Waals surface area (Å²) in [7, 11) is 0. The van der Waals surface area contributed by atoms with Crippen LogP contribution in [-0.2, 0) is 0 Å². The quantitative estimate of drug-likeness (QED) is 0.878. The molecular formula is C17H25BrN2O. The van der Waals surface area contributed by atoms with Crippen molar-refractivity contribution in [3.8, 4) is 0 Å². The maximum absolute atomic E-state index is 11.2. The first-order chi connectivity index (χ1) is 10.0. The van der Waals surface area contributed by atoms with Gasteiger partial charge in [-0.15, -0.1) is 0 Å². The third-order valence-electron chi connectivity index (χ3n) is 6.22. The van der Waals surface area contributed by atoms with Crippen LogP contribution in [-0.4, -0.2) is 14.9 Å². The molecule has 1 aromatic rings. The zero-order valence-corrected chi connectivity index (χ0v) is 14.5. The van der Waals surface area contributed by atoms with Gasteiger partial charge in [0.25, 0.3) is 0 Å². The molecule has 1 heterocycles. The van der Waals surface area contributed by atoms with Crippen molar-refractivity contribution in [2.75, 3.05) is 0 Å². The number of hydrogen-bond acceptors (Lipinski definition) is 2. The highest BCUT2D eigenvalue weighted by Crippen LogP contribution is 2.59. The van der Waals surface area contributed by atoms with Gasteiger partial charge in [0.05, 0.1) is 16.4 Å². The first kappa shape index (κ1) is 14.3. The van der Waals surface area contributed by atoms with Gasteiger partial charge in [-0.25, -0.2) is 0 Å². The Hall–Kier alpha value is -0.350. The van der Waals surface area contributed by atoms with Crippen LogP contribution in [0.2, 0.25) is 0 Å². The number of rotatable bonds is 3. The first-order valence-corrected chi connectivity index (χ1v) is 9.24. The fourth-order valence-electron chi connectivity index (χ4n) is 5.70. The molecular weight excluding hydrogens is 328 g/mol. The average Bonchev–Trinajstić information content (AvgIpc) is 2.79. The maximum atomic E-state index is 11.2. The van der Waals surface area contributed by atoms with Gasteiger partial charge in [0.2, 0.25) is 0 Å². The second kappa shape index (κ2) is 5.09. The third-order valence-corrected chi connectivity index (χ3v) is 6.83. The standard InChI is InChI=1S/C17H25BrN2O/c1-9(2)20-16(14(18)8-19-20)17(21)15-12-4-10-3-11(6-12)7-13(15)5-10/h8-13,15,17,21H,3-7H2,1-2H3. The largest absolute Gasteiger partial charge is 0.386 e. The molecule has 0 amide bonds. The highest BCUT2D eigenvalue weighted by molar-refractivity contribution is 9.10. The molecule has 5 rings (SSSR count). The van der Waals surface area contributed by atoms with Crippen LogP contribution in [0.1, 0.15) is 63.8 Å². The van der Waals surface area contributed by atoms with E-state index in [0.29, 0.717) is 5.92 Å². The van der Waals surface area contributed by atoms with Crippen molar-refractivity contribution in [3.05, 3.63) is 16.4 Å². The van der Waals surface area contributed by atoms with Gasteiger partial charge >= 0.3 is 0 Å². The number of aliphatic hydroxyl groups excluding tert-OH is 1. The van der Waals surface area contributed by atoms with Gasteiger partial charge in [0.15, 0.2) is 0 Å². The predicted octanol–water partition coefficient (Wildman–Crippen LogP) is 4.33. The van der Waals surface area contributed by atoms with Gasteiger partial charge in [0.1, 0.15) is 6.10 Å². The summed E-state index contributed by atoms with van der Waals surface area (Å²) in [6, 6.07) is 0.290. The SMILES string of the molecule is CC(C)n1ncc(Br)c1C(O)C1C2CC3CC(C2)CC1C3.